The van der Waals surface area contributed by atoms with Gasteiger partial charge < -0.3 is 15.3 Å². The summed E-state index contributed by atoms with van der Waals surface area (Å²) in [4.78, 5) is 9.32. The molecule has 1 aromatic heterocycles. The number of anilines is 1. The van der Waals surface area contributed by atoms with Gasteiger partial charge in [-0.2, -0.15) is 0 Å². The molecule has 25 heavy (non-hydrogen) atoms. The summed E-state index contributed by atoms with van der Waals surface area (Å²) in [6.07, 6.45) is 2.48. The average molecular weight is 338 g/mol. The second-order valence-electron chi connectivity index (χ2n) is 6.97. The molecule has 2 aliphatic heterocycles. The van der Waals surface area contributed by atoms with E-state index in [1.54, 1.807) is 6.20 Å². The van der Waals surface area contributed by atoms with Crippen molar-refractivity contribution < 1.29 is 5.11 Å². The molecule has 2 unspecified atom stereocenters. The molecule has 0 spiro atoms. The van der Waals surface area contributed by atoms with Crippen molar-refractivity contribution in [2.75, 3.05) is 44.2 Å². The molecule has 1 aromatic carbocycles. The summed E-state index contributed by atoms with van der Waals surface area (Å²) >= 11 is 0. The fourth-order valence-corrected chi connectivity index (χ4v) is 4.13. The Morgan fingerprint density at radius 1 is 1.00 bits per heavy atom. The number of pyridine rings is 1. The molecule has 3 heterocycles. The van der Waals surface area contributed by atoms with Gasteiger partial charge in [-0.05, 0) is 37.2 Å². The van der Waals surface area contributed by atoms with E-state index in [2.05, 4.69) is 50.4 Å². The third-order valence-electron chi connectivity index (χ3n) is 5.56. The van der Waals surface area contributed by atoms with E-state index in [1.807, 2.05) is 18.2 Å². The maximum absolute atomic E-state index is 11.5. The van der Waals surface area contributed by atoms with Crippen LogP contribution in [0.4, 0.5) is 5.69 Å². The molecular formula is C20H26N4O. The predicted octanol–water partition coefficient (Wildman–Crippen LogP) is 1.45. The Morgan fingerprint density at radius 2 is 1.76 bits per heavy atom. The molecule has 0 saturated carbocycles. The Kier molecular flexibility index (Phi) is 4.70. The van der Waals surface area contributed by atoms with Gasteiger partial charge >= 0.3 is 0 Å². The Bertz CT molecular complexity index is 673. The first kappa shape index (κ1) is 16.5. The van der Waals surface area contributed by atoms with Crippen LogP contribution in [0, 0.1) is 0 Å². The number of benzene rings is 1. The highest BCUT2D eigenvalue weighted by atomic mass is 16.3. The molecule has 2 aliphatic rings. The highest BCUT2D eigenvalue weighted by Gasteiger charge is 2.45. The van der Waals surface area contributed by atoms with E-state index in [9.17, 15) is 5.11 Å². The number of rotatable bonds is 3. The summed E-state index contributed by atoms with van der Waals surface area (Å²) in [6.45, 7) is 5.51. The summed E-state index contributed by atoms with van der Waals surface area (Å²) in [5, 5.41) is 14.9. The zero-order valence-electron chi connectivity index (χ0n) is 14.5. The number of aromatic nitrogens is 1. The maximum Gasteiger partial charge on any atom is 0.124 e. The van der Waals surface area contributed by atoms with Crippen LogP contribution in [0.2, 0.25) is 0 Å². The van der Waals surface area contributed by atoms with Gasteiger partial charge in [-0.25, -0.2) is 0 Å². The first-order valence-corrected chi connectivity index (χ1v) is 9.16. The summed E-state index contributed by atoms with van der Waals surface area (Å²) < 4.78 is 0. The van der Waals surface area contributed by atoms with Gasteiger partial charge in [0.15, 0.2) is 0 Å². The lowest BCUT2D eigenvalue weighted by Gasteiger charge is -2.48. The quantitative estimate of drug-likeness (QED) is 0.887. The first-order valence-electron chi connectivity index (χ1n) is 9.16. The van der Waals surface area contributed by atoms with Crippen LogP contribution in [0.5, 0.6) is 0 Å². The number of piperidine rings is 1. The fourth-order valence-electron chi connectivity index (χ4n) is 4.13. The fraction of sp³-hybridized carbons (Fsp3) is 0.450. The zero-order valence-corrected chi connectivity index (χ0v) is 14.5. The number of nitrogens with one attached hydrogen (secondary N) is 1. The Labute approximate surface area is 149 Å². The van der Waals surface area contributed by atoms with Crippen LogP contribution in [0.15, 0.2) is 54.7 Å². The van der Waals surface area contributed by atoms with Crippen LogP contribution >= 0.6 is 0 Å². The van der Waals surface area contributed by atoms with Crippen molar-refractivity contribution in [3.05, 3.63) is 60.4 Å². The number of piperazine rings is 1. The Balaban J connectivity index is 1.49. The average Bonchev–Trinajstić information content (AvgIpc) is 2.70. The van der Waals surface area contributed by atoms with E-state index >= 15 is 0 Å². The smallest absolute Gasteiger partial charge is 0.124 e. The molecule has 132 valence electrons. The number of aliphatic hydroxyl groups is 1. The van der Waals surface area contributed by atoms with Crippen molar-refractivity contribution in [3.63, 3.8) is 0 Å². The monoisotopic (exact) mass is 338 g/mol. The molecule has 0 radical (unpaired) electrons. The van der Waals surface area contributed by atoms with E-state index < -0.39 is 5.60 Å². The topological polar surface area (TPSA) is 51.6 Å². The number of nitrogens with zero attached hydrogens (tertiary/aromatic N) is 3. The van der Waals surface area contributed by atoms with Crippen LogP contribution in [-0.2, 0) is 5.60 Å². The third-order valence-corrected chi connectivity index (χ3v) is 5.56. The third kappa shape index (κ3) is 3.27. The maximum atomic E-state index is 11.5. The molecule has 2 N–H and O–H groups in total. The Hall–Kier alpha value is -1.95. The summed E-state index contributed by atoms with van der Waals surface area (Å²) in [6, 6.07) is 16.5. The first-order chi connectivity index (χ1) is 12.3. The second kappa shape index (κ2) is 7.12. The van der Waals surface area contributed by atoms with Crippen LogP contribution in [-0.4, -0.2) is 60.3 Å². The van der Waals surface area contributed by atoms with Crippen LogP contribution in [0.25, 0.3) is 0 Å². The second-order valence-corrected chi connectivity index (χ2v) is 6.97. The van der Waals surface area contributed by atoms with E-state index in [0.29, 0.717) is 6.42 Å². The minimum absolute atomic E-state index is 0.0640. The van der Waals surface area contributed by atoms with Crippen LogP contribution in [0.1, 0.15) is 12.1 Å². The predicted molar refractivity (Wildman–Crippen MR) is 99.6 cm³/mol. The Morgan fingerprint density at radius 3 is 2.48 bits per heavy atom. The summed E-state index contributed by atoms with van der Waals surface area (Å²) in [5.74, 6) is 0. The van der Waals surface area contributed by atoms with E-state index in [0.717, 1.165) is 45.0 Å². The van der Waals surface area contributed by atoms with E-state index in [-0.39, 0.29) is 6.04 Å². The molecule has 5 nitrogen and oxygen atoms in total. The number of para-hydroxylation sites is 1. The molecule has 2 saturated heterocycles. The molecule has 2 fully saturated rings. The van der Waals surface area contributed by atoms with Crippen molar-refractivity contribution in [1.82, 2.24) is 15.2 Å². The van der Waals surface area contributed by atoms with Gasteiger partial charge in [0.2, 0.25) is 0 Å². The largest absolute Gasteiger partial charge is 0.382 e. The van der Waals surface area contributed by atoms with Crippen LogP contribution in [0.3, 0.4) is 0 Å². The SMILES string of the molecule is OC1(c2ccccn2)CCNCC1N1CCN(c2ccccc2)CC1. The highest BCUT2D eigenvalue weighted by molar-refractivity contribution is 5.46. The van der Waals surface area contributed by atoms with Gasteiger partial charge in [-0.1, -0.05) is 24.3 Å². The number of hydrogen-bond donors (Lipinski definition) is 2. The molecule has 0 aliphatic carbocycles. The van der Waals surface area contributed by atoms with Crippen molar-refractivity contribution in [3.8, 4) is 0 Å². The zero-order chi connectivity index (χ0) is 17.1. The lowest BCUT2D eigenvalue weighted by atomic mass is 9.82. The molecule has 4 rings (SSSR count). The molecule has 0 bridgehead atoms. The minimum atomic E-state index is -0.874. The molecular weight excluding hydrogens is 312 g/mol. The lowest BCUT2D eigenvalue weighted by molar-refractivity contribution is -0.0765. The van der Waals surface area contributed by atoms with Gasteiger partial charge in [0.25, 0.3) is 0 Å². The normalized spacial score (nSPS) is 28.0. The minimum Gasteiger partial charge on any atom is -0.382 e. The van der Waals surface area contributed by atoms with E-state index in [4.69, 9.17) is 0 Å². The van der Waals surface area contributed by atoms with Crippen molar-refractivity contribution in [2.45, 2.75) is 18.1 Å². The van der Waals surface area contributed by atoms with Crippen molar-refractivity contribution in [1.29, 1.82) is 0 Å². The number of hydrogen-bond acceptors (Lipinski definition) is 5. The van der Waals surface area contributed by atoms with Gasteiger partial charge in [0, 0.05) is 44.6 Å². The van der Waals surface area contributed by atoms with Gasteiger partial charge in [0.05, 0.1) is 11.7 Å². The standard InChI is InChI=1S/C20H26N4O/c25-20(18-8-4-5-10-22-18)9-11-21-16-19(20)24-14-12-23(13-15-24)17-6-2-1-3-7-17/h1-8,10,19,21,25H,9,11-16H2. The van der Waals surface area contributed by atoms with Gasteiger partial charge in [0.1, 0.15) is 5.60 Å². The van der Waals surface area contributed by atoms with Gasteiger partial charge in [-0.3, -0.25) is 9.88 Å². The summed E-state index contributed by atoms with van der Waals surface area (Å²) in [7, 11) is 0. The van der Waals surface area contributed by atoms with Crippen molar-refractivity contribution >= 4 is 5.69 Å². The summed E-state index contributed by atoms with van der Waals surface area (Å²) in [5.41, 5.74) is 1.21. The molecule has 0 amide bonds. The van der Waals surface area contributed by atoms with E-state index in [1.165, 1.54) is 5.69 Å². The highest BCUT2D eigenvalue weighted by Crippen LogP contribution is 2.33. The molecule has 2 atom stereocenters. The lowest BCUT2D eigenvalue weighted by Crippen LogP contribution is -2.63. The van der Waals surface area contributed by atoms with Gasteiger partial charge in [-0.15, -0.1) is 0 Å². The molecule has 5 heteroatoms. The van der Waals surface area contributed by atoms with Crippen LogP contribution < -0.4 is 10.2 Å². The molecule has 2 aromatic rings. The van der Waals surface area contributed by atoms with Crippen molar-refractivity contribution in [2.24, 2.45) is 0 Å².